The Morgan fingerprint density at radius 2 is 1.71 bits per heavy atom. The number of hydrogen-bond acceptors (Lipinski definition) is 4. The first-order valence-electron chi connectivity index (χ1n) is 8.56. The molecule has 6 nitrogen and oxygen atoms in total. The molecule has 0 saturated carbocycles. The molecule has 0 atom stereocenters. The Morgan fingerprint density at radius 1 is 0.964 bits per heavy atom. The number of pyridine rings is 1. The minimum absolute atomic E-state index is 0.160. The van der Waals surface area contributed by atoms with E-state index in [-0.39, 0.29) is 12.0 Å². The van der Waals surface area contributed by atoms with Gasteiger partial charge in [-0.3, -0.25) is 4.98 Å². The summed E-state index contributed by atoms with van der Waals surface area (Å²) in [5.41, 5.74) is 1.68. The summed E-state index contributed by atoms with van der Waals surface area (Å²) in [6, 6.07) is 11.9. The van der Waals surface area contributed by atoms with Gasteiger partial charge in [0.15, 0.2) is 5.69 Å². The first-order chi connectivity index (χ1) is 13.5. The molecule has 0 spiro atoms. The van der Waals surface area contributed by atoms with Crippen molar-refractivity contribution in [1.82, 2.24) is 29.8 Å². The molecule has 0 radical (unpaired) electrons. The highest BCUT2D eigenvalue weighted by atomic mass is 19.4. The van der Waals surface area contributed by atoms with Crippen LogP contribution in [0.25, 0.3) is 22.8 Å². The van der Waals surface area contributed by atoms with E-state index in [9.17, 15) is 13.2 Å². The molecule has 0 aliphatic carbocycles. The lowest BCUT2D eigenvalue weighted by molar-refractivity contribution is -0.143. The number of hydrogen-bond donors (Lipinski definition) is 0. The van der Waals surface area contributed by atoms with E-state index in [2.05, 4.69) is 20.4 Å². The van der Waals surface area contributed by atoms with E-state index in [1.165, 1.54) is 6.20 Å². The zero-order valence-corrected chi connectivity index (χ0v) is 14.8. The molecule has 4 aromatic rings. The number of alkyl halides is 3. The fraction of sp³-hybridized carbons (Fsp3) is 0.158. The zero-order chi connectivity index (χ0) is 19.7. The summed E-state index contributed by atoms with van der Waals surface area (Å²) in [6.45, 7) is 1.67. The second-order valence-corrected chi connectivity index (χ2v) is 6.06. The van der Waals surface area contributed by atoms with Gasteiger partial charge in [-0.05, 0) is 42.8 Å². The van der Waals surface area contributed by atoms with Crippen LogP contribution in [-0.4, -0.2) is 29.8 Å². The quantitative estimate of drug-likeness (QED) is 0.532. The van der Waals surface area contributed by atoms with Crippen LogP contribution in [0.3, 0.4) is 0 Å². The highest BCUT2D eigenvalue weighted by molar-refractivity contribution is 5.53. The van der Waals surface area contributed by atoms with E-state index < -0.39 is 11.9 Å². The molecular formula is C19H15F3N6. The van der Waals surface area contributed by atoms with E-state index in [1.807, 2.05) is 12.1 Å². The third-order valence-corrected chi connectivity index (χ3v) is 4.27. The standard InChI is InChI=1S/C19H15F3N6/c1-2-13-11-24-28(18(13)19(20,21)22)15-8-6-14(7-9-15)27-12-17(25-26-27)16-5-3-4-10-23-16/h3-12H,2H2,1H3. The smallest absolute Gasteiger partial charge is 0.254 e. The highest BCUT2D eigenvalue weighted by Crippen LogP contribution is 2.34. The maximum absolute atomic E-state index is 13.4. The van der Waals surface area contributed by atoms with Crippen LogP contribution in [-0.2, 0) is 12.6 Å². The largest absolute Gasteiger partial charge is 0.433 e. The van der Waals surface area contributed by atoms with E-state index in [4.69, 9.17) is 0 Å². The summed E-state index contributed by atoms with van der Waals surface area (Å²) in [6.07, 6.45) is 0.400. The highest BCUT2D eigenvalue weighted by Gasteiger charge is 2.38. The first kappa shape index (κ1) is 17.9. The molecule has 0 fully saturated rings. The summed E-state index contributed by atoms with van der Waals surface area (Å²) in [4.78, 5) is 4.22. The zero-order valence-electron chi connectivity index (χ0n) is 14.8. The Bertz CT molecular complexity index is 1080. The van der Waals surface area contributed by atoms with E-state index in [0.717, 1.165) is 4.68 Å². The number of aromatic nitrogens is 6. The van der Waals surface area contributed by atoms with Crippen molar-refractivity contribution in [3.05, 3.63) is 72.3 Å². The molecule has 0 unspecified atom stereocenters. The normalized spacial score (nSPS) is 11.7. The van der Waals surface area contributed by atoms with Crippen molar-refractivity contribution in [3.63, 3.8) is 0 Å². The molecule has 0 amide bonds. The molecule has 28 heavy (non-hydrogen) atoms. The Labute approximate surface area is 158 Å². The lowest BCUT2D eigenvalue weighted by Gasteiger charge is -2.12. The minimum atomic E-state index is -4.48. The molecule has 0 bridgehead atoms. The fourth-order valence-corrected chi connectivity index (χ4v) is 2.91. The van der Waals surface area contributed by atoms with Crippen molar-refractivity contribution in [2.75, 3.05) is 0 Å². The van der Waals surface area contributed by atoms with E-state index in [1.54, 1.807) is 54.3 Å². The van der Waals surface area contributed by atoms with Crippen LogP contribution in [0.2, 0.25) is 0 Å². The number of aryl methyl sites for hydroxylation is 1. The summed E-state index contributed by atoms with van der Waals surface area (Å²) in [7, 11) is 0. The molecule has 0 N–H and O–H groups in total. The van der Waals surface area contributed by atoms with Gasteiger partial charge in [-0.25, -0.2) is 9.36 Å². The van der Waals surface area contributed by atoms with Gasteiger partial charge < -0.3 is 0 Å². The summed E-state index contributed by atoms with van der Waals surface area (Å²) in [5.74, 6) is 0. The topological polar surface area (TPSA) is 61.4 Å². The van der Waals surface area contributed by atoms with Crippen LogP contribution in [0.5, 0.6) is 0 Å². The Morgan fingerprint density at radius 3 is 2.36 bits per heavy atom. The Balaban J connectivity index is 1.66. The second-order valence-electron chi connectivity index (χ2n) is 6.06. The summed E-state index contributed by atoms with van der Waals surface area (Å²) < 4.78 is 42.8. The van der Waals surface area contributed by atoms with Crippen LogP contribution in [0.15, 0.2) is 61.1 Å². The maximum Gasteiger partial charge on any atom is 0.433 e. The average Bonchev–Trinajstić information content (AvgIpc) is 3.36. The average molecular weight is 384 g/mol. The first-order valence-corrected chi connectivity index (χ1v) is 8.56. The molecule has 0 aliphatic rings. The van der Waals surface area contributed by atoms with Crippen molar-refractivity contribution in [1.29, 1.82) is 0 Å². The van der Waals surface area contributed by atoms with E-state index >= 15 is 0 Å². The Hall–Kier alpha value is -3.49. The third-order valence-electron chi connectivity index (χ3n) is 4.27. The molecule has 9 heteroatoms. The molecule has 142 valence electrons. The van der Waals surface area contributed by atoms with Crippen molar-refractivity contribution in [2.45, 2.75) is 19.5 Å². The number of benzene rings is 1. The number of rotatable bonds is 4. The van der Waals surface area contributed by atoms with Gasteiger partial charge >= 0.3 is 6.18 Å². The van der Waals surface area contributed by atoms with Gasteiger partial charge in [0.05, 0.1) is 29.5 Å². The Kier molecular flexibility index (Phi) is 4.42. The predicted molar refractivity (Wildman–Crippen MR) is 96.1 cm³/mol. The van der Waals surface area contributed by atoms with Crippen LogP contribution in [0.1, 0.15) is 18.2 Å². The van der Waals surface area contributed by atoms with Gasteiger partial charge in [0.1, 0.15) is 5.69 Å². The van der Waals surface area contributed by atoms with Gasteiger partial charge in [0, 0.05) is 11.8 Å². The molecule has 4 rings (SSSR count). The van der Waals surface area contributed by atoms with Crippen molar-refractivity contribution in [3.8, 4) is 22.8 Å². The van der Waals surface area contributed by atoms with Gasteiger partial charge in [-0.15, -0.1) is 5.10 Å². The lowest BCUT2D eigenvalue weighted by Crippen LogP contribution is -2.15. The number of halogens is 3. The van der Waals surface area contributed by atoms with Crippen molar-refractivity contribution < 1.29 is 13.2 Å². The molecule has 3 aromatic heterocycles. The monoisotopic (exact) mass is 384 g/mol. The van der Waals surface area contributed by atoms with Crippen LogP contribution in [0, 0.1) is 0 Å². The van der Waals surface area contributed by atoms with Gasteiger partial charge in [-0.2, -0.15) is 18.3 Å². The van der Waals surface area contributed by atoms with E-state index in [0.29, 0.717) is 22.8 Å². The molecule has 0 aliphatic heterocycles. The van der Waals surface area contributed by atoms with Crippen LogP contribution >= 0.6 is 0 Å². The summed E-state index contributed by atoms with van der Waals surface area (Å²) in [5, 5.41) is 12.1. The lowest BCUT2D eigenvalue weighted by atomic mass is 10.2. The minimum Gasteiger partial charge on any atom is -0.254 e. The number of nitrogens with zero attached hydrogens (tertiary/aromatic N) is 6. The van der Waals surface area contributed by atoms with Gasteiger partial charge in [0.25, 0.3) is 0 Å². The second kappa shape index (κ2) is 6.91. The van der Waals surface area contributed by atoms with Crippen molar-refractivity contribution in [2.24, 2.45) is 0 Å². The third kappa shape index (κ3) is 3.26. The maximum atomic E-state index is 13.4. The summed E-state index contributed by atoms with van der Waals surface area (Å²) >= 11 is 0. The van der Waals surface area contributed by atoms with Crippen molar-refractivity contribution >= 4 is 0 Å². The SMILES string of the molecule is CCc1cnn(-c2ccc(-n3cc(-c4ccccn4)nn3)cc2)c1C(F)(F)F. The van der Waals surface area contributed by atoms with Gasteiger partial charge in [-0.1, -0.05) is 18.2 Å². The fourth-order valence-electron chi connectivity index (χ4n) is 2.91. The van der Waals surface area contributed by atoms with Crippen LogP contribution < -0.4 is 0 Å². The molecule has 3 heterocycles. The molecular weight excluding hydrogens is 369 g/mol. The van der Waals surface area contributed by atoms with Gasteiger partial charge in [0.2, 0.25) is 0 Å². The predicted octanol–water partition coefficient (Wildman–Crippen LogP) is 4.10. The molecule has 0 saturated heterocycles. The molecule has 1 aromatic carbocycles. The van der Waals surface area contributed by atoms with Crippen LogP contribution in [0.4, 0.5) is 13.2 Å².